The highest BCUT2D eigenvalue weighted by atomic mass is 32.2. The first-order chi connectivity index (χ1) is 14.4. The molecule has 1 atom stereocenters. The number of esters is 1. The summed E-state index contributed by atoms with van der Waals surface area (Å²) in [6, 6.07) is 8.75. The minimum Gasteiger partial charge on any atom is -0.502 e. The first kappa shape index (κ1) is 21.5. The highest BCUT2D eigenvalue weighted by Crippen LogP contribution is 2.35. The zero-order chi connectivity index (χ0) is 21.7. The number of aryl methyl sites for hydroxylation is 1. The van der Waals surface area contributed by atoms with Gasteiger partial charge in [-0.3, -0.25) is 14.3 Å². The van der Waals surface area contributed by atoms with Crippen LogP contribution in [0.4, 0.5) is 0 Å². The summed E-state index contributed by atoms with van der Waals surface area (Å²) in [7, 11) is 4.59. The van der Waals surface area contributed by atoms with E-state index >= 15 is 0 Å². The van der Waals surface area contributed by atoms with Crippen LogP contribution < -0.4 is 10.2 Å². The van der Waals surface area contributed by atoms with Gasteiger partial charge in [0.25, 0.3) is 0 Å². The lowest BCUT2D eigenvalue weighted by atomic mass is 9.95. The molecular formula is C21H22N2O6S. The van der Waals surface area contributed by atoms with E-state index in [0.29, 0.717) is 22.8 Å². The molecule has 0 radical (unpaired) electrons. The Kier molecular flexibility index (Phi) is 6.83. The van der Waals surface area contributed by atoms with Crippen LogP contribution in [0.2, 0.25) is 0 Å². The van der Waals surface area contributed by atoms with Crippen molar-refractivity contribution in [1.29, 1.82) is 0 Å². The summed E-state index contributed by atoms with van der Waals surface area (Å²) in [6.07, 6.45) is 3.15. The highest BCUT2D eigenvalue weighted by molar-refractivity contribution is 7.98. The molecule has 0 aliphatic carbocycles. The Bertz CT molecular complexity index is 1090. The van der Waals surface area contributed by atoms with Gasteiger partial charge in [0.1, 0.15) is 11.5 Å². The number of hydrogen-bond acceptors (Lipinski definition) is 8. The SMILES string of the molecule is COC(=O)C[C@H](c1cnn(C)c1)c1oc(CSc2ccccc2OC)cc(=O)c1O. The van der Waals surface area contributed by atoms with Crippen LogP contribution in [0.3, 0.4) is 0 Å². The molecule has 0 amide bonds. The van der Waals surface area contributed by atoms with Gasteiger partial charge < -0.3 is 19.0 Å². The van der Waals surface area contributed by atoms with Crippen LogP contribution in [0.1, 0.15) is 29.4 Å². The van der Waals surface area contributed by atoms with E-state index in [1.54, 1.807) is 31.2 Å². The Morgan fingerprint density at radius 1 is 1.33 bits per heavy atom. The fraction of sp³-hybridized carbons (Fsp3) is 0.286. The number of thioether (sulfide) groups is 1. The normalized spacial score (nSPS) is 11.8. The standard InChI is InChI=1S/C21H22N2O6S/c1-23-11-13(10-22-23)15(9-19(25)28-3)21-20(26)16(24)8-14(29-21)12-30-18-7-5-4-6-17(18)27-2/h4-8,10-11,15,26H,9,12H2,1-3H3/t15-/m1/s1. The molecule has 1 N–H and O–H groups in total. The molecule has 2 heterocycles. The molecule has 0 saturated heterocycles. The van der Waals surface area contributed by atoms with E-state index in [1.165, 1.54) is 24.9 Å². The molecule has 1 aromatic carbocycles. The average molecular weight is 430 g/mol. The van der Waals surface area contributed by atoms with Gasteiger partial charge in [-0.25, -0.2) is 0 Å². The van der Waals surface area contributed by atoms with Crippen LogP contribution in [0.5, 0.6) is 11.5 Å². The molecule has 8 nitrogen and oxygen atoms in total. The van der Waals surface area contributed by atoms with Gasteiger partial charge in [-0.05, 0) is 12.1 Å². The maximum absolute atomic E-state index is 12.4. The van der Waals surface area contributed by atoms with Gasteiger partial charge in [-0.1, -0.05) is 12.1 Å². The summed E-state index contributed by atoms with van der Waals surface area (Å²) < 4.78 is 17.6. The molecule has 9 heteroatoms. The zero-order valence-electron chi connectivity index (χ0n) is 16.8. The lowest BCUT2D eigenvalue weighted by molar-refractivity contribution is -0.140. The van der Waals surface area contributed by atoms with Gasteiger partial charge in [0, 0.05) is 29.8 Å². The number of benzene rings is 1. The molecule has 0 fully saturated rings. The van der Waals surface area contributed by atoms with Crippen LogP contribution in [-0.4, -0.2) is 35.1 Å². The van der Waals surface area contributed by atoms with Crippen molar-refractivity contribution in [2.75, 3.05) is 14.2 Å². The first-order valence-corrected chi connectivity index (χ1v) is 10.1. The minimum atomic E-state index is -0.713. The summed E-state index contributed by atoms with van der Waals surface area (Å²) in [5.41, 5.74) is 0.0431. The third kappa shape index (κ3) is 4.85. The number of hydrogen-bond donors (Lipinski definition) is 1. The summed E-state index contributed by atoms with van der Waals surface area (Å²) >= 11 is 1.43. The van der Waals surface area contributed by atoms with Crippen LogP contribution in [0.25, 0.3) is 0 Å². The lowest BCUT2D eigenvalue weighted by Gasteiger charge is -2.16. The molecule has 0 saturated carbocycles. The second-order valence-corrected chi connectivity index (χ2v) is 7.53. The van der Waals surface area contributed by atoms with E-state index in [0.717, 1.165) is 4.90 Å². The van der Waals surface area contributed by atoms with Gasteiger partial charge in [-0.2, -0.15) is 5.10 Å². The summed E-state index contributed by atoms with van der Waals surface area (Å²) in [6.45, 7) is 0. The lowest BCUT2D eigenvalue weighted by Crippen LogP contribution is -2.13. The molecule has 30 heavy (non-hydrogen) atoms. The number of methoxy groups -OCH3 is 2. The molecule has 0 unspecified atom stereocenters. The van der Waals surface area contributed by atoms with E-state index in [2.05, 4.69) is 5.10 Å². The van der Waals surface area contributed by atoms with Crippen LogP contribution in [0.15, 0.2) is 56.8 Å². The fourth-order valence-electron chi connectivity index (χ4n) is 2.98. The molecule has 2 aromatic heterocycles. The van der Waals surface area contributed by atoms with Crippen molar-refractivity contribution in [3.05, 3.63) is 70.0 Å². The van der Waals surface area contributed by atoms with Gasteiger partial charge in [0.2, 0.25) is 11.2 Å². The predicted octanol–water partition coefficient (Wildman–Crippen LogP) is 3.07. The summed E-state index contributed by atoms with van der Waals surface area (Å²) in [5, 5.41) is 14.5. The average Bonchev–Trinajstić information content (AvgIpc) is 3.18. The fourth-order valence-corrected chi connectivity index (χ4v) is 3.89. The van der Waals surface area contributed by atoms with Crippen LogP contribution in [0, 0.1) is 0 Å². The molecule has 3 rings (SSSR count). The van der Waals surface area contributed by atoms with E-state index < -0.39 is 23.1 Å². The molecule has 0 bridgehead atoms. The van der Waals surface area contributed by atoms with Gasteiger partial charge in [0.05, 0.1) is 38.5 Å². The maximum atomic E-state index is 12.4. The van der Waals surface area contributed by atoms with Crippen LogP contribution >= 0.6 is 11.8 Å². The Hall–Kier alpha value is -3.20. The molecular weight excluding hydrogens is 408 g/mol. The Morgan fingerprint density at radius 3 is 2.77 bits per heavy atom. The van der Waals surface area contributed by atoms with Crippen molar-refractivity contribution < 1.29 is 23.8 Å². The van der Waals surface area contributed by atoms with Gasteiger partial charge in [0.15, 0.2) is 5.76 Å². The van der Waals surface area contributed by atoms with Crippen molar-refractivity contribution in [3.8, 4) is 11.5 Å². The molecule has 0 spiro atoms. The van der Waals surface area contributed by atoms with Crippen LogP contribution in [-0.2, 0) is 22.3 Å². The minimum absolute atomic E-state index is 0.0107. The number of carbonyl (C=O) groups is 1. The van der Waals surface area contributed by atoms with E-state index in [9.17, 15) is 14.7 Å². The summed E-state index contributed by atoms with van der Waals surface area (Å²) in [4.78, 5) is 25.3. The topological polar surface area (TPSA) is 104 Å². The van der Waals surface area contributed by atoms with Crippen molar-refractivity contribution >= 4 is 17.7 Å². The second kappa shape index (κ2) is 9.53. The molecule has 158 valence electrons. The first-order valence-electron chi connectivity index (χ1n) is 9.10. The predicted molar refractivity (Wildman–Crippen MR) is 111 cm³/mol. The Labute approximate surface area is 177 Å². The van der Waals surface area contributed by atoms with Gasteiger partial charge in [-0.15, -0.1) is 11.8 Å². The summed E-state index contributed by atoms with van der Waals surface area (Å²) in [5.74, 6) is -0.323. The number of carbonyl (C=O) groups excluding carboxylic acids is 1. The number of ether oxygens (including phenoxy) is 2. The van der Waals surface area contributed by atoms with E-state index in [-0.39, 0.29) is 12.2 Å². The maximum Gasteiger partial charge on any atom is 0.306 e. The molecule has 0 aliphatic heterocycles. The third-order valence-electron chi connectivity index (χ3n) is 4.48. The van der Waals surface area contributed by atoms with E-state index in [4.69, 9.17) is 13.9 Å². The largest absolute Gasteiger partial charge is 0.502 e. The van der Waals surface area contributed by atoms with Crippen molar-refractivity contribution in [2.45, 2.75) is 23.0 Å². The van der Waals surface area contributed by atoms with Crippen molar-refractivity contribution in [2.24, 2.45) is 7.05 Å². The van der Waals surface area contributed by atoms with Gasteiger partial charge >= 0.3 is 5.97 Å². The quantitative estimate of drug-likeness (QED) is 0.430. The monoisotopic (exact) mass is 430 g/mol. The number of nitrogens with zero attached hydrogens (tertiary/aromatic N) is 2. The second-order valence-electron chi connectivity index (χ2n) is 6.51. The Morgan fingerprint density at radius 2 is 2.10 bits per heavy atom. The molecule has 0 aliphatic rings. The number of rotatable bonds is 8. The highest BCUT2D eigenvalue weighted by Gasteiger charge is 2.27. The van der Waals surface area contributed by atoms with Crippen molar-refractivity contribution in [1.82, 2.24) is 9.78 Å². The number of para-hydroxylation sites is 1. The smallest absolute Gasteiger partial charge is 0.306 e. The van der Waals surface area contributed by atoms with Crippen molar-refractivity contribution in [3.63, 3.8) is 0 Å². The number of aromatic nitrogens is 2. The molecule has 3 aromatic rings. The Balaban J connectivity index is 1.95. The van der Waals surface area contributed by atoms with E-state index in [1.807, 2.05) is 24.3 Å². The number of aromatic hydroxyl groups is 1. The zero-order valence-corrected chi connectivity index (χ0v) is 17.6. The third-order valence-corrected chi connectivity index (χ3v) is 5.56.